The van der Waals surface area contributed by atoms with E-state index in [-0.39, 0.29) is 5.54 Å². The van der Waals surface area contributed by atoms with E-state index in [1.807, 2.05) is 0 Å². The van der Waals surface area contributed by atoms with Crippen LogP contribution in [0.3, 0.4) is 0 Å². The fraction of sp³-hybridized carbons (Fsp3) is 0.280. The minimum Gasteiger partial charge on any atom is -0.291 e. The lowest BCUT2D eigenvalue weighted by Crippen LogP contribution is -2.27. The Morgan fingerprint density at radius 3 is 2.00 bits per heavy atom. The Morgan fingerprint density at radius 1 is 0.839 bits per heavy atom. The molecule has 31 heavy (non-hydrogen) atoms. The van der Waals surface area contributed by atoms with E-state index in [2.05, 4.69) is 96.1 Å². The average Bonchev–Trinajstić information content (AvgIpc) is 3.09. The summed E-state index contributed by atoms with van der Waals surface area (Å²) in [7, 11) is 0. The average molecular weight is 443 g/mol. The van der Waals surface area contributed by atoms with Crippen LogP contribution in [0.2, 0.25) is 0 Å². The normalized spacial score (nSPS) is 17.5. The topological polar surface area (TPSA) is 31.2 Å². The van der Waals surface area contributed by atoms with Gasteiger partial charge in [-0.05, 0) is 37.1 Å². The second-order valence-corrected chi connectivity index (χ2v) is 9.81. The number of hydrogen-bond donors (Lipinski definition) is 0. The second-order valence-electron chi connectivity index (χ2n) is 7.96. The van der Waals surface area contributed by atoms with Gasteiger partial charge in [0, 0.05) is 24.9 Å². The summed E-state index contributed by atoms with van der Waals surface area (Å²) in [5, 5.41) is 1.85. The van der Waals surface area contributed by atoms with Crippen LogP contribution in [0, 0.1) is 23.9 Å². The van der Waals surface area contributed by atoms with Crippen LogP contribution in [-0.2, 0) is 12.8 Å². The molecule has 4 nitrogen and oxygen atoms in total. The first-order valence-electron chi connectivity index (χ1n) is 10.2. The Hall–Kier alpha value is -2.80. The molecular weight excluding hydrogens is 420 g/mol. The van der Waals surface area contributed by atoms with Crippen LogP contribution in [0.1, 0.15) is 25.0 Å². The van der Waals surface area contributed by atoms with Crippen molar-refractivity contribution < 1.29 is 0 Å². The zero-order chi connectivity index (χ0) is 21.3. The molecule has 0 saturated heterocycles. The molecule has 0 bridgehead atoms. The van der Waals surface area contributed by atoms with Crippen LogP contribution in [0.15, 0.2) is 58.5 Å². The molecule has 0 spiro atoms. The maximum atomic E-state index is 4.88. The van der Waals surface area contributed by atoms with Crippen LogP contribution < -0.4 is 9.80 Å². The quantitative estimate of drug-likeness (QED) is 0.626. The molecule has 6 heteroatoms. The first kappa shape index (κ1) is 20.1. The Labute approximate surface area is 192 Å². The van der Waals surface area contributed by atoms with E-state index >= 15 is 0 Å². The lowest BCUT2D eigenvalue weighted by molar-refractivity contribution is 0.728. The summed E-state index contributed by atoms with van der Waals surface area (Å²) < 4.78 is 0. The number of rotatable bonds is 4. The molecule has 0 amide bonds. The van der Waals surface area contributed by atoms with E-state index < -0.39 is 0 Å². The van der Waals surface area contributed by atoms with Gasteiger partial charge < -0.3 is 0 Å². The molecular formula is C25H22N4S2. The molecule has 3 heterocycles. The molecule has 0 N–H and O–H groups in total. The van der Waals surface area contributed by atoms with Gasteiger partial charge in [0.2, 0.25) is 0 Å². The number of anilines is 2. The number of benzene rings is 2. The smallest absolute Gasteiger partial charge is 0.186 e. The van der Waals surface area contributed by atoms with E-state index in [1.54, 1.807) is 23.5 Å². The number of para-hydroxylation sites is 2. The molecule has 2 aromatic carbocycles. The first-order valence-corrected chi connectivity index (χ1v) is 12.2. The number of aliphatic imine (C=N–C) groups is 2. The molecule has 0 fully saturated rings. The predicted molar refractivity (Wildman–Crippen MR) is 135 cm³/mol. The van der Waals surface area contributed by atoms with E-state index in [0.29, 0.717) is 5.88 Å². The summed E-state index contributed by atoms with van der Waals surface area (Å²) in [5.41, 5.74) is 4.62. The molecule has 0 aromatic heterocycles. The summed E-state index contributed by atoms with van der Waals surface area (Å²) in [6.45, 7) is 4.25. The van der Waals surface area contributed by atoms with Crippen molar-refractivity contribution in [2.24, 2.45) is 9.98 Å². The van der Waals surface area contributed by atoms with Gasteiger partial charge in [0.15, 0.2) is 5.17 Å². The highest BCUT2D eigenvalue weighted by atomic mass is 32.2. The van der Waals surface area contributed by atoms with Gasteiger partial charge in [0.25, 0.3) is 0 Å². The summed E-state index contributed by atoms with van der Waals surface area (Å²) in [4.78, 5) is 14.0. The van der Waals surface area contributed by atoms with Crippen LogP contribution >= 0.6 is 23.5 Å². The largest absolute Gasteiger partial charge is 0.291 e. The molecule has 0 radical (unpaired) electrons. The van der Waals surface area contributed by atoms with Gasteiger partial charge in [-0.1, -0.05) is 71.8 Å². The van der Waals surface area contributed by atoms with Crippen LogP contribution in [0.4, 0.5) is 11.4 Å². The van der Waals surface area contributed by atoms with Crippen molar-refractivity contribution in [3.8, 4) is 23.9 Å². The molecule has 154 valence electrons. The molecule has 0 atom stereocenters. The maximum Gasteiger partial charge on any atom is 0.186 e. The molecule has 0 unspecified atom stereocenters. The maximum absolute atomic E-state index is 4.88. The van der Waals surface area contributed by atoms with Crippen molar-refractivity contribution in [1.82, 2.24) is 0 Å². The standard InChI is InChI=1S/C25H22N4S2/c1-25(2)23(30-17-28-15-7-11-19-9-3-5-13-21(19)28)26-24(27-25)31-18-29-16-8-12-20-10-4-6-14-22(20)29/h3-6,9-10,13-14H,11-12,17-18H2,1-2H3. The second kappa shape index (κ2) is 8.38. The van der Waals surface area contributed by atoms with Crippen LogP contribution in [-0.4, -0.2) is 27.5 Å². The third-order valence-electron chi connectivity index (χ3n) is 5.30. The van der Waals surface area contributed by atoms with Crippen LogP contribution in [0.25, 0.3) is 0 Å². The van der Waals surface area contributed by atoms with Gasteiger partial charge in [0.05, 0.1) is 23.1 Å². The van der Waals surface area contributed by atoms with E-state index in [9.17, 15) is 0 Å². The Kier molecular flexibility index (Phi) is 5.44. The highest BCUT2D eigenvalue weighted by Gasteiger charge is 2.32. The third kappa shape index (κ3) is 4.19. The van der Waals surface area contributed by atoms with E-state index in [0.717, 1.165) is 28.9 Å². The summed E-state index contributed by atoms with van der Waals surface area (Å²) in [6.07, 6.45) is 1.63. The van der Waals surface area contributed by atoms with Crippen molar-refractivity contribution in [2.45, 2.75) is 32.2 Å². The van der Waals surface area contributed by atoms with Gasteiger partial charge in [-0.15, -0.1) is 0 Å². The number of hydrogen-bond acceptors (Lipinski definition) is 6. The fourth-order valence-electron chi connectivity index (χ4n) is 3.69. The van der Waals surface area contributed by atoms with Gasteiger partial charge in [0.1, 0.15) is 10.6 Å². The minimum atomic E-state index is -0.318. The Morgan fingerprint density at radius 2 is 1.39 bits per heavy atom. The Balaban J connectivity index is 1.24. The van der Waals surface area contributed by atoms with Gasteiger partial charge in [-0.3, -0.25) is 9.80 Å². The van der Waals surface area contributed by atoms with Crippen molar-refractivity contribution in [2.75, 3.05) is 21.6 Å². The van der Waals surface area contributed by atoms with Gasteiger partial charge in [-0.25, -0.2) is 9.98 Å². The lowest BCUT2D eigenvalue weighted by Gasteiger charge is -2.24. The number of thioether (sulfide) groups is 2. The molecule has 0 saturated carbocycles. The summed E-state index contributed by atoms with van der Waals surface area (Å²) >= 11 is 3.36. The third-order valence-corrected chi connectivity index (χ3v) is 7.38. The number of nitrogens with zero attached hydrogens (tertiary/aromatic N) is 4. The van der Waals surface area contributed by atoms with Crippen molar-refractivity contribution in [1.29, 1.82) is 0 Å². The molecule has 5 rings (SSSR count). The number of amidine groups is 1. The monoisotopic (exact) mass is 442 g/mol. The van der Waals surface area contributed by atoms with Gasteiger partial charge >= 0.3 is 0 Å². The van der Waals surface area contributed by atoms with Crippen molar-refractivity contribution >= 4 is 45.1 Å². The Bertz CT molecular complexity index is 1210. The SMILES string of the molecule is CC1(C)N=C(SCN2C#CCc3ccccc32)N=C1SCN1C#CCc2ccccc21. The van der Waals surface area contributed by atoms with E-state index in [4.69, 9.17) is 9.98 Å². The van der Waals surface area contributed by atoms with Crippen molar-refractivity contribution in [3.63, 3.8) is 0 Å². The zero-order valence-corrected chi connectivity index (χ0v) is 19.2. The predicted octanol–water partition coefficient (Wildman–Crippen LogP) is 4.96. The lowest BCUT2D eigenvalue weighted by atomic mass is 10.1. The molecule has 2 aromatic rings. The molecule has 3 aliphatic rings. The summed E-state index contributed by atoms with van der Waals surface area (Å²) in [5.74, 6) is 7.91. The van der Waals surface area contributed by atoms with Crippen LogP contribution in [0.5, 0.6) is 0 Å². The van der Waals surface area contributed by atoms with Gasteiger partial charge in [-0.2, -0.15) is 0 Å². The first-order chi connectivity index (χ1) is 15.1. The molecule has 0 aliphatic carbocycles. The number of fused-ring (bicyclic) bond motifs is 2. The van der Waals surface area contributed by atoms with Crippen molar-refractivity contribution in [3.05, 3.63) is 59.7 Å². The fourth-order valence-corrected chi connectivity index (χ4v) is 5.65. The zero-order valence-electron chi connectivity index (χ0n) is 17.6. The highest BCUT2D eigenvalue weighted by Crippen LogP contribution is 2.33. The molecule has 3 aliphatic heterocycles. The highest BCUT2D eigenvalue weighted by molar-refractivity contribution is 8.15. The van der Waals surface area contributed by atoms with E-state index in [1.165, 1.54) is 22.5 Å². The summed E-state index contributed by atoms with van der Waals surface area (Å²) in [6, 6.07) is 23.3. The minimum absolute atomic E-state index is 0.318.